The third-order valence-electron chi connectivity index (χ3n) is 4.39. The van der Waals surface area contributed by atoms with Crippen molar-refractivity contribution in [2.24, 2.45) is 5.92 Å². The van der Waals surface area contributed by atoms with Crippen LogP contribution in [-0.2, 0) is 17.9 Å². The predicted molar refractivity (Wildman–Crippen MR) is 80.0 cm³/mol. The highest BCUT2D eigenvalue weighted by Gasteiger charge is 2.19. The zero-order chi connectivity index (χ0) is 13.5. The molecule has 1 atom stereocenters. The quantitative estimate of drug-likeness (QED) is 0.838. The summed E-state index contributed by atoms with van der Waals surface area (Å²) in [6, 6.07) is 9.18. The first kappa shape index (κ1) is 14.5. The number of ether oxygens (including phenoxy) is 1. The zero-order valence-corrected chi connectivity index (χ0v) is 12.3. The average molecular weight is 261 g/mol. The molecule has 1 aromatic rings. The Morgan fingerprint density at radius 1 is 1.16 bits per heavy atom. The second-order valence-corrected chi connectivity index (χ2v) is 5.77. The first-order valence-corrected chi connectivity index (χ1v) is 7.60. The first-order valence-electron chi connectivity index (χ1n) is 7.60. The van der Waals surface area contributed by atoms with E-state index >= 15 is 0 Å². The molecule has 0 heterocycles. The monoisotopic (exact) mass is 261 g/mol. The Hall–Kier alpha value is -0.860. The van der Waals surface area contributed by atoms with Crippen LogP contribution >= 0.6 is 0 Å². The summed E-state index contributed by atoms with van der Waals surface area (Å²) in [4.78, 5) is 0. The van der Waals surface area contributed by atoms with Crippen LogP contribution in [0.3, 0.4) is 0 Å². The lowest BCUT2D eigenvalue weighted by Crippen LogP contribution is -2.34. The molecule has 1 saturated carbocycles. The molecule has 1 aliphatic rings. The van der Waals surface area contributed by atoms with Crippen LogP contribution in [-0.4, -0.2) is 13.2 Å². The van der Waals surface area contributed by atoms with E-state index in [0.29, 0.717) is 12.6 Å². The summed E-state index contributed by atoms with van der Waals surface area (Å²) in [6.07, 6.45) is 7.05. The molecule has 1 aromatic carbocycles. The fourth-order valence-electron chi connectivity index (χ4n) is 3.10. The fraction of sp³-hybridized carbons (Fsp3) is 0.647. The number of nitrogens with one attached hydrogen (secondary N) is 1. The van der Waals surface area contributed by atoms with Crippen LogP contribution < -0.4 is 5.32 Å². The van der Waals surface area contributed by atoms with Crippen molar-refractivity contribution in [2.75, 3.05) is 7.11 Å². The minimum atomic E-state index is 0.621. The number of benzene rings is 1. The standard InChI is InChI=1S/C17H27NO/c1-14(15-8-4-3-5-9-15)18-12-16-10-6-7-11-17(16)13-19-2/h6-7,10-11,14-15,18H,3-5,8-9,12-13H2,1-2H3/t14-/m0/s1. The Labute approximate surface area is 117 Å². The van der Waals surface area contributed by atoms with Crippen molar-refractivity contribution >= 4 is 0 Å². The Bertz CT molecular complexity index is 371. The van der Waals surface area contributed by atoms with Gasteiger partial charge in [-0.05, 0) is 36.8 Å². The van der Waals surface area contributed by atoms with E-state index in [9.17, 15) is 0 Å². The van der Waals surface area contributed by atoms with Gasteiger partial charge in [0.15, 0.2) is 0 Å². The summed E-state index contributed by atoms with van der Waals surface area (Å²) in [6.45, 7) is 4.00. The van der Waals surface area contributed by atoms with Gasteiger partial charge in [0.05, 0.1) is 6.61 Å². The molecule has 0 saturated heterocycles. The Morgan fingerprint density at radius 3 is 2.53 bits per heavy atom. The van der Waals surface area contributed by atoms with Crippen molar-refractivity contribution in [3.63, 3.8) is 0 Å². The van der Waals surface area contributed by atoms with Crippen LogP contribution in [0.5, 0.6) is 0 Å². The van der Waals surface area contributed by atoms with Gasteiger partial charge in [-0.1, -0.05) is 43.5 Å². The minimum absolute atomic E-state index is 0.621. The van der Waals surface area contributed by atoms with Gasteiger partial charge < -0.3 is 10.1 Å². The number of rotatable bonds is 6. The smallest absolute Gasteiger partial charge is 0.0716 e. The molecule has 0 aromatic heterocycles. The van der Waals surface area contributed by atoms with Gasteiger partial charge in [0.2, 0.25) is 0 Å². The highest BCUT2D eigenvalue weighted by molar-refractivity contribution is 5.26. The molecule has 2 nitrogen and oxygen atoms in total. The van der Waals surface area contributed by atoms with Gasteiger partial charge in [0, 0.05) is 19.7 Å². The van der Waals surface area contributed by atoms with E-state index in [1.54, 1.807) is 7.11 Å². The van der Waals surface area contributed by atoms with E-state index in [1.165, 1.54) is 43.2 Å². The number of hydrogen-bond acceptors (Lipinski definition) is 2. The second-order valence-electron chi connectivity index (χ2n) is 5.77. The van der Waals surface area contributed by atoms with E-state index in [-0.39, 0.29) is 0 Å². The second kappa shape index (κ2) is 7.66. The van der Waals surface area contributed by atoms with Crippen molar-refractivity contribution in [3.05, 3.63) is 35.4 Å². The molecule has 0 bridgehead atoms. The Kier molecular flexibility index (Phi) is 5.87. The normalized spacial score (nSPS) is 18.4. The average Bonchev–Trinajstić information content (AvgIpc) is 2.47. The van der Waals surface area contributed by atoms with Crippen molar-refractivity contribution in [3.8, 4) is 0 Å². The molecule has 0 amide bonds. The number of methoxy groups -OCH3 is 1. The van der Waals surface area contributed by atoms with Crippen LogP contribution in [0.15, 0.2) is 24.3 Å². The van der Waals surface area contributed by atoms with Crippen LogP contribution in [0.4, 0.5) is 0 Å². The fourth-order valence-corrected chi connectivity index (χ4v) is 3.10. The lowest BCUT2D eigenvalue weighted by molar-refractivity contribution is 0.183. The van der Waals surface area contributed by atoms with Gasteiger partial charge in [-0.2, -0.15) is 0 Å². The molecule has 1 fully saturated rings. The molecule has 0 unspecified atom stereocenters. The van der Waals surface area contributed by atoms with Crippen molar-refractivity contribution < 1.29 is 4.74 Å². The maximum absolute atomic E-state index is 5.26. The third-order valence-corrected chi connectivity index (χ3v) is 4.39. The van der Waals surface area contributed by atoms with E-state index in [2.05, 4.69) is 36.5 Å². The molecule has 19 heavy (non-hydrogen) atoms. The van der Waals surface area contributed by atoms with Gasteiger partial charge in [-0.25, -0.2) is 0 Å². The molecule has 0 radical (unpaired) electrons. The topological polar surface area (TPSA) is 21.3 Å². The number of hydrogen-bond donors (Lipinski definition) is 1. The maximum atomic E-state index is 5.26. The molecule has 2 heteroatoms. The van der Waals surface area contributed by atoms with Crippen LogP contribution in [0.2, 0.25) is 0 Å². The predicted octanol–water partition coefficient (Wildman–Crippen LogP) is 3.89. The summed E-state index contributed by atoms with van der Waals surface area (Å²) in [5.41, 5.74) is 2.67. The summed E-state index contributed by atoms with van der Waals surface area (Å²) in [5.74, 6) is 0.864. The summed E-state index contributed by atoms with van der Waals surface area (Å²) in [7, 11) is 1.76. The molecule has 0 spiro atoms. The molecular weight excluding hydrogens is 234 g/mol. The summed E-state index contributed by atoms with van der Waals surface area (Å²) < 4.78 is 5.26. The summed E-state index contributed by atoms with van der Waals surface area (Å²) in [5, 5.41) is 3.71. The highest BCUT2D eigenvalue weighted by atomic mass is 16.5. The Balaban J connectivity index is 1.87. The molecule has 1 N–H and O–H groups in total. The van der Waals surface area contributed by atoms with Crippen molar-refractivity contribution in [1.82, 2.24) is 5.32 Å². The molecule has 2 rings (SSSR count). The Morgan fingerprint density at radius 2 is 1.84 bits per heavy atom. The summed E-state index contributed by atoms with van der Waals surface area (Å²) >= 11 is 0. The van der Waals surface area contributed by atoms with Gasteiger partial charge in [-0.3, -0.25) is 0 Å². The maximum Gasteiger partial charge on any atom is 0.0716 e. The van der Waals surface area contributed by atoms with Gasteiger partial charge in [0.25, 0.3) is 0 Å². The highest BCUT2D eigenvalue weighted by Crippen LogP contribution is 2.26. The lowest BCUT2D eigenvalue weighted by atomic mass is 9.84. The van der Waals surface area contributed by atoms with E-state index < -0.39 is 0 Å². The van der Waals surface area contributed by atoms with Crippen LogP contribution in [0.25, 0.3) is 0 Å². The van der Waals surface area contributed by atoms with E-state index in [1.807, 2.05) is 0 Å². The van der Waals surface area contributed by atoms with E-state index in [0.717, 1.165) is 12.5 Å². The van der Waals surface area contributed by atoms with Crippen LogP contribution in [0.1, 0.15) is 50.2 Å². The third kappa shape index (κ3) is 4.32. The van der Waals surface area contributed by atoms with Crippen molar-refractivity contribution in [1.29, 1.82) is 0 Å². The molecule has 106 valence electrons. The first-order chi connectivity index (χ1) is 9.31. The van der Waals surface area contributed by atoms with Gasteiger partial charge in [-0.15, -0.1) is 0 Å². The SMILES string of the molecule is COCc1ccccc1CN[C@@H](C)C1CCCCC1. The lowest BCUT2D eigenvalue weighted by Gasteiger charge is -2.28. The molecular formula is C17H27NO. The van der Waals surface area contributed by atoms with E-state index in [4.69, 9.17) is 4.74 Å². The zero-order valence-electron chi connectivity index (χ0n) is 12.3. The van der Waals surface area contributed by atoms with Gasteiger partial charge >= 0.3 is 0 Å². The minimum Gasteiger partial charge on any atom is -0.380 e. The van der Waals surface area contributed by atoms with Gasteiger partial charge in [0.1, 0.15) is 0 Å². The molecule has 1 aliphatic carbocycles. The molecule has 0 aliphatic heterocycles. The van der Waals surface area contributed by atoms with Crippen molar-refractivity contribution in [2.45, 2.75) is 58.2 Å². The van der Waals surface area contributed by atoms with Crippen LogP contribution in [0, 0.1) is 5.92 Å². The largest absolute Gasteiger partial charge is 0.380 e.